The SMILES string of the molecule is Cc1nc2ccccc2nc1-c1ccc(-c2ccc3c(C4C=CC=CC4)c4ccccc4c(-c4ccccc4)c3c2)nc1. The molecule has 3 heteroatoms. The van der Waals surface area contributed by atoms with Crippen LogP contribution in [0.2, 0.25) is 0 Å². The smallest absolute Gasteiger partial charge is 0.0937 e. The highest BCUT2D eigenvalue weighted by atomic mass is 14.8. The molecule has 0 spiro atoms. The molecule has 0 bridgehead atoms. The minimum Gasteiger partial charge on any atom is -0.256 e. The average Bonchev–Trinajstić information content (AvgIpc) is 3.07. The second-order valence-corrected chi connectivity index (χ2v) is 11.2. The average molecular weight is 552 g/mol. The Labute approximate surface area is 250 Å². The predicted octanol–water partition coefficient (Wildman–Crippen LogP) is 10.2. The first-order valence-electron chi connectivity index (χ1n) is 14.8. The third-order valence-electron chi connectivity index (χ3n) is 8.56. The molecule has 1 atom stereocenters. The summed E-state index contributed by atoms with van der Waals surface area (Å²) in [6.07, 6.45) is 11.9. The lowest BCUT2D eigenvalue weighted by molar-refractivity contribution is 0.870. The van der Waals surface area contributed by atoms with Gasteiger partial charge in [0.2, 0.25) is 0 Å². The maximum absolute atomic E-state index is 4.94. The van der Waals surface area contributed by atoms with E-state index >= 15 is 0 Å². The van der Waals surface area contributed by atoms with Crippen LogP contribution < -0.4 is 0 Å². The summed E-state index contributed by atoms with van der Waals surface area (Å²) < 4.78 is 0. The van der Waals surface area contributed by atoms with Gasteiger partial charge in [-0.2, -0.15) is 0 Å². The number of fused-ring (bicyclic) bond motifs is 3. The summed E-state index contributed by atoms with van der Waals surface area (Å²) in [4.78, 5) is 14.6. The lowest BCUT2D eigenvalue weighted by Crippen LogP contribution is -2.01. The number of hydrogen-bond acceptors (Lipinski definition) is 3. The van der Waals surface area contributed by atoms with Crippen molar-refractivity contribution in [2.75, 3.05) is 0 Å². The van der Waals surface area contributed by atoms with Crippen molar-refractivity contribution >= 4 is 32.6 Å². The number of pyridine rings is 1. The van der Waals surface area contributed by atoms with Crippen LogP contribution >= 0.6 is 0 Å². The zero-order valence-electron chi connectivity index (χ0n) is 23.9. The van der Waals surface area contributed by atoms with Crippen molar-refractivity contribution in [1.29, 1.82) is 0 Å². The van der Waals surface area contributed by atoms with E-state index in [1.54, 1.807) is 0 Å². The van der Waals surface area contributed by atoms with E-state index in [1.165, 1.54) is 38.2 Å². The Bertz CT molecular complexity index is 2210. The summed E-state index contributed by atoms with van der Waals surface area (Å²) >= 11 is 0. The summed E-state index contributed by atoms with van der Waals surface area (Å²) in [6, 6.07) is 38.7. The number of hydrogen-bond donors (Lipinski definition) is 0. The Morgan fingerprint density at radius 1 is 0.605 bits per heavy atom. The van der Waals surface area contributed by atoms with Crippen LogP contribution in [-0.2, 0) is 0 Å². The summed E-state index contributed by atoms with van der Waals surface area (Å²) in [6.45, 7) is 2.01. The van der Waals surface area contributed by atoms with Gasteiger partial charge in [-0.25, -0.2) is 9.97 Å². The topological polar surface area (TPSA) is 38.7 Å². The molecular formula is C40H29N3. The standard InChI is InChI=1S/C40H29N3/c1-26-40(43-37-19-11-10-18-36(37)42-26)30-21-23-35(41-25-30)29-20-22-33-34(24-29)39(28-14-6-3-7-15-28)32-17-9-8-16-31(32)38(33)27-12-4-2-5-13-27/h2-12,14-25,27H,13H2,1H3. The second-order valence-electron chi connectivity index (χ2n) is 11.2. The van der Waals surface area contributed by atoms with Crippen LogP contribution in [0.3, 0.4) is 0 Å². The van der Waals surface area contributed by atoms with Gasteiger partial charge in [-0.1, -0.05) is 103 Å². The van der Waals surface area contributed by atoms with E-state index in [-0.39, 0.29) is 0 Å². The minimum atomic E-state index is 0.330. The molecule has 1 aliphatic carbocycles. The highest BCUT2D eigenvalue weighted by Gasteiger charge is 2.21. The van der Waals surface area contributed by atoms with Gasteiger partial charge >= 0.3 is 0 Å². The quantitative estimate of drug-likeness (QED) is 0.204. The molecule has 1 unspecified atom stereocenters. The highest BCUT2D eigenvalue weighted by molar-refractivity contribution is 6.16. The molecule has 2 aromatic heterocycles. The number of aryl methyl sites for hydroxylation is 1. The van der Waals surface area contributed by atoms with Crippen molar-refractivity contribution < 1.29 is 0 Å². The van der Waals surface area contributed by atoms with Crippen LogP contribution in [0.4, 0.5) is 0 Å². The summed E-state index contributed by atoms with van der Waals surface area (Å²) in [5.41, 5.74) is 10.5. The fourth-order valence-corrected chi connectivity index (χ4v) is 6.55. The lowest BCUT2D eigenvalue weighted by Gasteiger charge is -2.22. The summed E-state index contributed by atoms with van der Waals surface area (Å²) in [7, 11) is 0. The van der Waals surface area contributed by atoms with Gasteiger partial charge in [0, 0.05) is 23.2 Å². The molecule has 8 rings (SSSR count). The van der Waals surface area contributed by atoms with E-state index in [4.69, 9.17) is 15.0 Å². The fourth-order valence-electron chi connectivity index (χ4n) is 6.55. The first-order valence-corrected chi connectivity index (χ1v) is 14.8. The van der Waals surface area contributed by atoms with E-state index < -0.39 is 0 Å². The maximum atomic E-state index is 4.94. The largest absolute Gasteiger partial charge is 0.256 e. The van der Waals surface area contributed by atoms with Gasteiger partial charge in [-0.05, 0) is 81.9 Å². The molecule has 1 aliphatic rings. The molecule has 2 heterocycles. The van der Waals surface area contributed by atoms with E-state index in [2.05, 4.69) is 109 Å². The molecule has 5 aromatic carbocycles. The molecule has 0 N–H and O–H groups in total. The Hall–Kier alpha value is -5.41. The van der Waals surface area contributed by atoms with Crippen molar-refractivity contribution in [3.63, 3.8) is 0 Å². The molecule has 3 nitrogen and oxygen atoms in total. The summed E-state index contributed by atoms with van der Waals surface area (Å²) in [5, 5.41) is 5.15. The van der Waals surface area contributed by atoms with Gasteiger partial charge in [0.25, 0.3) is 0 Å². The number of nitrogens with zero attached hydrogens (tertiary/aromatic N) is 3. The number of rotatable bonds is 4. The molecular weight excluding hydrogens is 522 g/mol. The normalized spacial score (nSPS) is 14.6. The van der Waals surface area contributed by atoms with Gasteiger partial charge in [0.1, 0.15) is 0 Å². The van der Waals surface area contributed by atoms with Crippen molar-refractivity contribution in [1.82, 2.24) is 15.0 Å². The first-order chi connectivity index (χ1) is 21.2. The molecule has 7 aromatic rings. The third kappa shape index (κ3) is 4.41. The van der Waals surface area contributed by atoms with Crippen molar-refractivity contribution in [3.05, 3.63) is 151 Å². The van der Waals surface area contributed by atoms with Gasteiger partial charge < -0.3 is 0 Å². The van der Waals surface area contributed by atoms with Gasteiger partial charge in [-0.15, -0.1) is 0 Å². The van der Waals surface area contributed by atoms with Gasteiger partial charge in [-0.3, -0.25) is 4.98 Å². The molecule has 0 saturated heterocycles. The molecule has 0 amide bonds. The van der Waals surface area contributed by atoms with Crippen molar-refractivity contribution in [2.45, 2.75) is 19.3 Å². The van der Waals surface area contributed by atoms with Crippen LogP contribution in [0, 0.1) is 6.92 Å². The molecule has 43 heavy (non-hydrogen) atoms. The second kappa shape index (κ2) is 10.5. The molecule has 204 valence electrons. The predicted molar refractivity (Wildman–Crippen MR) is 179 cm³/mol. The lowest BCUT2D eigenvalue weighted by atomic mass is 9.81. The number of benzene rings is 5. The van der Waals surface area contributed by atoms with E-state index in [0.717, 1.165) is 45.7 Å². The van der Waals surface area contributed by atoms with Crippen LogP contribution in [0.5, 0.6) is 0 Å². The Balaban J connectivity index is 1.31. The minimum absolute atomic E-state index is 0.330. The summed E-state index contributed by atoms with van der Waals surface area (Å²) in [5.74, 6) is 0.330. The number of allylic oxidation sites excluding steroid dienone is 4. The Kier molecular flexibility index (Phi) is 6.15. The van der Waals surface area contributed by atoms with E-state index in [9.17, 15) is 0 Å². The van der Waals surface area contributed by atoms with Crippen molar-refractivity contribution in [2.24, 2.45) is 0 Å². The highest BCUT2D eigenvalue weighted by Crippen LogP contribution is 2.44. The maximum Gasteiger partial charge on any atom is 0.0937 e. The monoisotopic (exact) mass is 551 g/mol. The molecule has 0 saturated carbocycles. The number of para-hydroxylation sites is 2. The van der Waals surface area contributed by atoms with Crippen molar-refractivity contribution in [3.8, 4) is 33.6 Å². The Morgan fingerprint density at radius 3 is 2.09 bits per heavy atom. The van der Waals surface area contributed by atoms with Gasteiger partial charge in [0.15, 0.2) is 0 Å². The fraction of sp³-hybridized carbons (Fsp3) is 0.0750. The van der Waals surface area contributed by atoms with Crippen LogP contribution in [0.1, 0.15) is 23.6 Å². The van der Waals surface area contributed by atoms with Crippen LogP contribution in [0.25, 0.3) is 66.2 Å². The zero-order chi connectivity index (χ0) is 28.8. The third-order valence-corrected chi connectivity index (χ3v) is 8.56. The number of aromatic nitrogens is 3. The zero-order valence-corrected chi connectivity index (χ0v) is 23.9. The molecule has 0 radical (unpaired) electrons. The van der Waals surface area contributed by atoms with Crippen LogP contribution in [0.15, 0.2) is 140 Å². The molecule has 0 aliphatic heterocycles. The van der Waals surface area contributed by atoms with Crippen LogP contribution in [-0.4, -0.2) is 15.0 Å². The molecule has 0 fully saturated rings. The van der Waals surface area contributed by atoms with Gasteiger partial charge in [0.05, 0.1) is 28.1 Å². The van der Waals surface area contributed by atoms with E-state index in [0.29, 0.717) is 5.92 Å². The Morgan fingerprint density at radius 2 is 1.33 bits per heavy atom. The van der Waals surface area contributed by atoms with E-state index in [1.807, 2.05) is 37.4 Å². The first kappa shape index (κ1) is 25.3.